The Morgan fingerprint density at radius 1 is 1.13 bits per heavy atom. The summed E-state index contributed by atoms with van der Waals surface area (Å²) in [6.45, 7) is 0. The van der Waals surface area contributed by atoms with E-state index in [0.29, 0.717) is 5.56 Å². The summed E-state index contributed by atoms with van der Waals surface area (Å²) >= 11 is 0. The Bertz CT molecular complexity index is 691. The van der Waals surface area contributed by atoms with E-state index < -0.39 is 11.7 Å². The number of hydrazone groups is 1. The van der Waals surface area contributed by atoms with E-state index in [1.54, 1.807) is 56.5 Å². The van der Waals surface area contributed by atoms with Gasteiger partial charge in [0.25, 0.3) is 0 Å². The van der Waals surface area contributed by atoms with E-state index in [-0.39, 0.29) is 11.5 Å². The van der Waals surface area contributed by atoms with Crippen molar-refractivity contribution in [3.05, 3.63) is 47.5 Å². The van der Waals surface area contributed by atoms with Crippen LogP contribution in [0.5, 0.6) is 0 Å². The molecule has 0 unspecified atom stereocenters. The number of hydrogen-bond donors (Lipinski definition) is 1. The Morgan fingerprint density at radius 3 is 2.30 bits per heavy atom. The molecule has 1 N–H and O–H groups in total. The molecule has 0 spiro atoms. The number of anilines is 1. The van der Waals surface area contributed by atoms with Crippen LogP contribution in [0.1, 0.15) is 11.1 Å². The number of rotatable bonds is 4. The smallest absolute Gasteiger partial charge is 0.363 e. The van der Waals surface area contributed by atoms with Crippen molar-refractivity contribution in [1.82, 2.24) is 10.4 Å². The summed E-state index contributed by atoms with van der Waals surface area (Å²) in [5.41, 5.74) is 3.64. The van der Waals surface area contributed by atoms with Gasteiger partial charge < -0.3 is 10.3 Å². The topological polar surface area (TPSA) is 40.5 Å². The van der Waals surface area contributed by atoms with Crippen molar-refractivity contribution in [2.24, 2.45) is 5.10 Å². The number of pyridine rings is 1. The maximum absolute atomic E-state index is 13.1. The minimum absolute atomic E-state index is 0.260. The van der Waals surface area contributed by atoms with Crippen LogP contribution in [0.2, 0.25) is 0 Å². The SMILES string of the molecule is CN/N=C\c1ccc(-c2cc(C(F)(F)F)cc(N(C)C)n2)cc1. The molecule has 1 aromatic heterocycles. The van der Waals surface area contributed by atoms with Gasteiger partial charge in [-0.05, 0) is 17.7 Å². The molecule has 0 amide bonds. The molecular weight excluding hydrogens is 305 g/mol. The zero-order chi connectivity index (χ0) is 17.0. The summed E-state index contributed by atoms with van der Waals surface area (Å²) in [6, 6.07) is 9.08. The van der Waals surface area contributed by atoms with Crippen LogP contribution >= 0.6 is 0 Å². The van der Waals surface area contributed by atoms with Crippen molar-refractivity contribution in [2.45, 2.75) is 6.18 Å². The van der Waals surface area contributed by atoms with Crippen molar-refractivity contribution in [3.63, 3.8) is 0 Å². The Balaban J connectivity index is 2.45. The van der Waals surface area contributed by atoms with Crippen molar-refractivity contribution in [3.8, 4) is 11.3 Å². The van der Waals surface area contributed by atoms with Gasteiger partial charge in [0, 0.05) is 26.7 Å². The first kappa shape index (κ1) is 16.8. The third-order valence-corrected chi connectivity index (χ3v) is 3.15. The molecule has 0 aliphatic carbocycles. The first-order chi connectivity index (χ1) is 10.8. The van der Waals surface area contributed by atoms with Gasteiger partial charge in [-0.15, -0.1) is 0 Å². The van der Waals surface area contributed by atoms with Gasteiger partial charge in [-0.3, -0.25) is 0 Å². The molecule has 0 radical (unpaired) electrons. The number of hydrogen-bond acceptors (Lipinski definition) is 4. The lowest BCUT2D eigenvalue weighted by Crippen LogP contribution is -2.14. The van der Waals surface area contributed by atoms with Crippen LogP contribution in [0.15, 0.2) is 41.5 Å². The van der Waals surface area contributed by atoms with Gasteiger partial charge in [0.05, 0.1) is 17.5 Å². The van der Waals surface area contributed by atoms with Crippen LogP contribution in [0, 0.1) is 0 Å². The standard InChI is InChI=1S/C16H17F3N4/c1-20-21-10-11-4-6-12(7-5-11)14-8-13(16(17,18)19)9-15(22-14)23(2)3/h4-10,20H,1-3H3/b21-10-. The highest BCUT2D eigenvalue weighted by Gasteiger charge is 2.32. The summed E-state index contributed by atoms with van der Waals surface area (Å²) < 4.78 is 39.2. The molecule has 2 rings (SSSR count). The number of nitrogens with zero attached hydrogens (tertiary/aromatic N) is 3. The van der Waals surface area contributed by atoms with E-state index in [1.165, 1.54) is 0 Å². The maximum atomic E-state index is 13.1. The highest BCUT2D eigenvalue weighted by atomic mass is 19.4. The molecule has 0 fully saturated rings. The lowest BCUT2D eigenvalue weighted by Gasteiger charge is -2.16. The van der Waals surface area contributed by atoms with Crippen molar-refractivity contribution >= 4 is 12.0 Å². The molecular formula is C16H17F3N4. The fourth-order valence-electron chi connectivity index (χ4n) is 1.94. The van der Waals surface area contributed by atoms with Gasteiger partial charge in [-0.25, -0.2) is 4.98 Å². The van der Waals surface area contributed by atoms with Crippen LogP contribution in [-0.2, 0) is 6.18 Å². The quantitative estimate of drug-likeness (QED) is 0.693. The van der Waals surface area contributed by atoms with E-state index in [0.717, 1.165) is 17.7 Å². The highest BCUT2D eigenvalue weighted by molar-refractivity contribution is 5.80. The van der Waals surface area contributed by atoms with Crippen LogP contribution in [0.25, 0.3) is 11.3 Å². The van der Waals surface area contributed by atoms with E-state index in [9.17, 15) is 13.2 Å². The molecule has 0 aliphatic rings. The van der Waals surface area contributed by atoms with Crippen LogP contribution in [0.3, 0.4) is 0 Å². The predicted molar refractivity (Wildman–Crippen MR) is 85.7 cm³/mol. The lowest BCUT2D eigenvalue weighted by molar-refractivity contribution is -0.137. The summed E-state index contributed by atoms with van der Waals surface area (Å²) in [4.78, 5) is 5.84. The van der Waals surface area contributed by atoms with Gasteiger partial charge in [-0.1, -0.05) is 24.3 Å². The molecule has 1 heterocycles. The summed E-state index contributed by atoms with van der Waals surface area (Å²) in [5.74, 6) is 0.260. The van der Waals surface area contributed by atoms with E-state index >= 15 is 0 Å². The Hall–Kier alpha value is -2.57. The molecule has 0 aliphatic heterocycles. The molecule has 7 heteroatoms. The van der Waals surface area contributed by atoms with Gasteiger partial charge in [-0.2, -0.15) is 18.3 Å². The second-order valence-corrected chi connectivity index (χ2v) is 5.10. The molecule has 23 heavy (non-hydrogen) atoms. The molecule has 0 atom stereocenters. The first-order valence-corrected chi connectivity index (χ1v) is 6.88. The minimum atomic E-state index is -4.41. The Labute approximate surface area is 132 Å². The molecule has 4 nitrogen and oxygen atoms in total. The zero-order valence-corrected chi connectivity index (χ0v) is 13.0. The van der Waals surface area contributed by atoms with E-state index in [1.807, 2.05) is 0 Å². The predicted octanol–water partition coefficient (Wildman–Crippen LogP) is 3.39. The number of nitrogens with one attached hydrogen (secondary N) is 1. The first-order valence-electron chi connectivity index (χ1n) is 6.88. The fourth-order valence-corrected chi connectivity index (χ4v) is 1.94. The van der Waals surface area contributed by atoms with Crippen molar-refractivity contribution in [2.75, 3.05) is 26.0 Å². The maximum Gasteiger partial charge on any atom is 0.416 e. The van der Waals surface area contributed by atoms with Crippen molar-refractivity contribution < 1.29 is 13.2 Å². The second kappa shape index (κ2) is 6.68. The summed E-state index contributed by atoms with van der Waals surface area (Å²) in [7, 11) is 4.99. The normalized spacial score (nSPS) is 11.7. The van der Waals surface area contributed by atoms with Crippen LogP contribution in [0.4, 0.5) is 19.0 Å². The van der Waals surface area contributed by atoms with Gasteiger partial charge >= 0.3 is 6.18 Å². The molecule has 122 valence electrons. The molecule has 1 aromatic carbocycles. The monoisotopic (exact) mass is 322 g/mol. The van der Waals surface area contributed by atoms with Gasteiger partial charge in [0.1, 0.15) is 5.82 Å². The van der Waals surface area contributed by atoms with E-state index in [4.69, 9.17) is 0 Å². The van der Waals surface area contributed by atoms with Crippen LogP contribution < -0.4 is 10.3 Å². The van der Waals surface area contributed by atoms with Gasteiger partial charge in [0.2, 0.25) is 0 Å². The number of alkyl halides is 3. The average molecular weight is 322 g/mol. The molecule has 2 aromatic rings. The average Bonchev–Trinajstić information content (AvgIpc) is 2.52. The number of benzene rings is 1. The number of aromatic nitrogens is 1. The Morgan fingerprint density at radius 2 is 1.78 bits per heavy atom. The third kappa shape index (κ3) is 4.21. The molecule has 0 saturated carbocycles. The molecule has 0 bridgehead atoms. The Kier molecular flexibility index (Phi) is 4.88. The summed E-state index contributed by atoms with van der Waals surface area (Å²) in [5, 5.41) is 3.88. The largest absolute Gasteiger partial charge is 0.416 e. The fraction of sp³-hybridized carbons (Fsp3) is 0.250. The number of halogens is 3. The minimum Gasteiger partial charge on any atom is -0.363 e. The highest BCUT2D eigenvalue weighted by Crippen LogP contribution is 2.33. The van der Waals surface area contributed by atoms with E-state index in [2.05, 4.69) is 15.5 Å². The molecule has 0 saturated heterocycles. The lowest BCUT2D eigenvalue weighted by atomic mass is 10.1. The zero-order valence-electron chi connectivity index (χ0n) is 13.0. The summed E-state index contributed by atoms with van der Waals surface area (Å²) in [6.07, 6.45) is -2.80. The second-order valence-electron chi connectivity index (χ2n) is 5.10. The van der Waals surface area contributed by atoms with Crippen molar-refractivity contribution in [1.29, 1.82) is 0 Å². The van der Waals surface area contributed by atoms with Crippen LogP contribution in [-0.4, -0.2) is 32.3 Å². The van der Waals surface area contributed by atoms with Gasteiger partial charge in [0.15, 0.2) is 0 Å². The third-order valence-electron chi connectivity index (χ3n) is 3.15.